The summed E-state index contributed by atoms with van der Waals surface area (Å²) in [5, 5.41) is 5.80. The maximum atomic E-state index is 6.20. The second-order valence-corrected chi connectivity index (χ2v) is 7.81. The topological polar surface area (TPSA) is 43.4 Å². The monoisotopic (exact) mass is 422 g/mol. The van der Waals surface area contributed by atoms with E-state index in [0.29, 0.717) is 28.1 Å². The number of thiazole rings is 1. The van der Waals surface area contributed by atoms with Crippen LogP contribution >= 0.6 is 34.5 Å². The van der Waals surface area contributed by atoms with Crippen LogP contribution in [-0.4, -0.2) is 25.7 Å². The van der Waals surface area contributed by atoms with Crippen molar-refractivity contribution in [3.05, 3.63) is 63.2 Å². The molecule has 0 fully saturated rings. The number of ether oxygens (including phenoxy) is 2. The van der Waals surface area contributed by atoms with E-state index in [1.54, 1.807) is 31.6 Å². The fourth-order valence-electron chi connectivity index (χ4n) is 2.66. The molecule has 0 aliphatic rings. The minimum Gasteiger partial charge on any atom is -0.493 e. The highest BCUT2D eigenvalue weighted by atomic mass is 35.5. The fourth-order valence-corrected chi connectivity index (χ4v) is 4.04. The summed E-state index contributed by atoms with van der Waals surface area (Å²) in [6.45, 7) is 1.52. The second-order valence-electron chi connectivity index (χ2n) is 5.85. The average Bonchev–Trinajstić information content (AvgIpc) is 3.15. The Morgan fingerprint density at radius 2 is 1.85 bits per heavy atom. The molecule has 7 heteroatoms. The lowest BCUT2D eigenvalue weighted by atomic mass is 10.1. The lowest BCUT2D eigenvalue weighted by Gasteiger charge is -2.08. The summed E-state index contributed by atoms with van der Waals surface area (Å²) in [5.74, 6) is 1.43. The number of methoxy groups -OCH3 is 2. The molecule has 3 aromatic rings. The van der Waals surface area contributed by atoms with Gasteiger partial charge in [-0.3, -0.25) is 0 Å². The summed E-state index contributed by atoms with van der Waals surface area (Å²) in [6.07, 6.45) is 2.73. The highest BCUT2D eigenvalue weighted by Gasteiger charge is 2.09. The SMILES string of the molecule is COc1ccc(-c2cnc(CNCCc3ccc(Cl)cc3Cl)s2)cc1OC. The van der Waals surface area contributed by atoms with Crippen molar-refractivity contribution in [2.75, 3.05) is 20.8 Å². The Morgan fingerprint density at radius 1 is 1.04 bits per heavy atom. The first-order chi connectivity index (χ1) is 13.1. The Morgan fingerprint density at radius 3 is 2.59 bits per heavy atom. The molecule has 0 spiro atoms. The smallest absolute Gasteiger partial charge is 0.161 e. The summed E-state index contributed by atoms with van der Waals surface area (Å²) >= 11 is 13.8. The zero-order chi connectivity index (χ0) is 19.2. The molecule has 0 aliphatic carbocycles. The van der Waals surface area contributed by atoms with Gasteiger partial charge in [0.15, 0.2) is 11.5 Å². The summed E-state index contributed by atoms with van der Waals surface area (Å²) in [5.41, 5.74) is 2.14. The van der Waals surface area contributed by atoms with Crippen molar-refractivity contribution < 1.29 is 9.47 Å². The van der Waals surface area contributed by atoms with E-state index in [4.69, 9.17) is 32.7 Å². The van der Waals surface area contributed by atoms with Crippen LogP contribution in [0.5, 0.6) is 11.5 Å². The van der Waals surface area contributed by atoms with Crippen LogP contribution in [0.15, 0.2) is 42.6 Å². The minimum atomic E-state index is 0.655. The Kier molecular flexibility index (Phi) is 6.96. The summed E-state index contributed by atoms with van der Waals surface area (Å²) in [7, 11) is 3.27. The van der Waals surface area contributed by atoms with E-state index in [9.17, 15) is 0 Å². The molecule has 0 saturated carbocycles. The van der Waals surface area contributed by atoms with Crippen LogP contribution in [-0.2, 0) is 13.0 Å². The first kappa shape index (κ1) is 20.0. The van der Waals surface area contributed by atoms with Gasteiger partial charge in [0.05, 0.1) is 19.1 Å². The van der Waals surface area contributed by atoms with Crippen LogP contribution in [0.25, 0.3) is 10.4 Å². The zero-order valence-electron chi connectivity index (χ0n) is 15.1. The van der Waals surface area contributed by atoms with E-state index < -0.39 is 0 Å². The number of halogens is 2. The summed E-state index contributed by atoms with van der Waals surface area (Å²) < 4.78 is 10.7. The number of nitrogens with one attached hydrogen (secondary N) is 1. The first-order valence-corrected chi connectivity index (χ1v) is 9.99. The van der Waals surface area contributed by atoms with E-state index >= 15 is 0 Å². The molecule has 142 valence electrons. The van der Waals surface area contributed by atoms with Gasteiger partial charge in [-0.25, -0.2) is 4.98 Å². The summed E-state index contributed by atoms with van der Waals surface area (Å²) in [6, 6.07) is 11.5. The molecule has 1 N–H and O–H groups in total. The lowest BCUT2D eigenvalue weighted by molar-refractivity contribution is 0.355. The number of rotatable bonds is 8. The Bertz CT molecular complexity index is 915. The Hall–Kier alpha value is -1.79. The van der Waals surface area contributed by atoms with E-state index in [-0.39, 0.29) is 0 Å². The summed E-state index contributed by atoms with van der Waals surface area (Å²) in [4.78, 5) is 5.60. The van der Waals surface area contributed by atoms with E-state index in [2.05, 4.69) is 10.3 Å². The van der Waals surface area contributed by atoms with E-state index in [0.717, 1.165) is 34.0 Å². The first-order valence-electron chi connectivity index (χ1n) is 8.42. The lowest BCUT2D eigenvalue weighted by Crippen LogP contribution is -2.16. The van der Waals surface area contributed by atoms with Crippen molar-refractivity contribution >= 4 is 34.5 Å². The molecule has 0 unspecified atom stereocenters. The third kappa shape index (κ3) is 5.14. The predicted octanol–water partition coefficient (Wildman–Crippen LogP) is 5.47. The van der Waals surface area contributed by atoms with Crippen molar-refractivity contribution in [2.24, 2.45) is 0 Å². The van der Waals surface area contributed by atoms with Crippen molar-refractivity contribution in [3.63, 3.8) is 0 Å². The molecule has 0 saturated heterocycles. The van der Waals surface area contributed by atoms with Gasteiger partial charge < -0.3 is 14.8 Å². The Labute approximate surface area is 173 Å². The molecule has 0 aliphatic heterocycles. The molecule has 27 heavy (non-hydrogen) atoms. The molecule has 0 amide bonds. The van der Waals surface area contributed by atoms with Crippen LogP contribution in [0.2, 0.25) is 10.0 Å². The highest BCUT2D eigenvalue weighted by molar-refractivity contribution is 7.15. The van der Waals surface area contributed by atoms with Crippen LogP contribution < -0.4 is 14.8 Å². The number of hydrogen-bond acceptors (Lipinski definition) is 5. The van der Waals surface area contributed by atoms with Gasteiger partial charge in [-0.1, -0.05) is 29.3 Å². The molecule has 1 heterocycles. The number of hydrogen-bond donors (Lipinski definition) is 1. The second kappa shape index (κ2) is 9.42. The fraction of sp³-hybridized carbons (Fsp3) is 0.250. The van der Waals surface area contributed by atoms with Crippen molar-refractivity contribution in [1.29, 1.82) is 0 Å². The maximum absolute atomic E-state index is 6.20. The molecule has 0 radical (unpaired) electrons. The van der Waals surface area contributed by atoms with Crippen LogP contribution in [0.3, 0.4) is 0 Å². The number of nitrogens with zero attached hydrogens (tertiary/aromatic N) is 1. The maximum Gasteiger partial charge on any atom is 0.161 e. The van der Waals surface area contributed by atoms with Gasteiger partial charge in [0.25, 0.3) is 0 Å². The number of benzene rings is 2. The zero-order valence-corrected chi connectivity index (χ0v) is 17.4. The highest BCUT2D eigenvalue weighted by Crippen LogP contribution is 2.34. The molecule has 4 nitrogen and oxygen atoms in total. The van der Waals surface area contributed by atoms with E-state index in [1.165, 1.54) is 0 Å². The average molecular weight is 423 g/mol. The van der Waals surface area contributed by atoms with Crippen molar-refractivity contribution in [2.45, 2.75) is 13.0 Å². The van der Waals surface area contributed by atoms with Gasteiger partial charge in [-0.2, -0.15) is 0 Å². The van der Waals surface area contributed by atoms with Crippen LogP contribution in [0.4, 0.5) is 0 Å². The molecule has 0 atom stereocenters. The molecule has 3 rings (SSSR count). The third-order valence-electron chi connectivity index (χ3n) is 4.08. The molecule has 1 aromatic heterocycles. The Balaban J connectivity index is 1.56. The van der Waals surface area contributed by atoms with Crippen LogP contribution in [0.1, 0.15) is 10.6 Å². The normalized spacial score (nSPS) is 10.8. The minimum absolute atomic E-state index is 0.655. The van der Waals surface area contributed by atoms with Gasteiger partial charge in [0.2, 0.25) is 0 Å². The van der Waals surface area contributed by atoms with Gasteiger partial charge in [0, 0.05) is 22.8 Å². The molecule has 0 bridgehead atoms. The predicted molar refractivity (Wildman–Crippen MR) is 113 cm³/mol. The number of aromatic nitrogens is 1. The van der Waals surface area contributed by atoms with Crippen molar-refractivity contribution in [1.82, 2.24) is 10.3 Å². The van der Waals surface area contributed by atoms with Crippen molar-refractivity contribution in [3.8, 4) is 21.9 Å². The molecular formula is C20H20Cl2N2O2S. The van der Waals surface area contributed by atoms with E-state index in [1.807, 2.05) is 36.5 Å². The van der Waals surface area contributed by atoms with Crippen LogP contribution in [0, 0.1) is 0 Å². The van der Waals surface area contributed by atoms with Gasteiger partial charge >= 0.3 is 0 Å². The third-order valence-corrected chi connectivity index (χ3v) is 5.72. The standard InChI is InChI=1S/C20H20Cl2N2O2S/c1-25-17-6-4-14(9-18(17)26-2)19-11-24-20(27-19)12-23-8-7-13-3-5-15(21)10-16(13)22/h3-6,9-11,23H,7-8,12H2,1-2H3. The van der Waals surface area contributed by atoms with Gasteiger partial charge in [0.1, 0.15) is 5.01 Å². The molecular weight excluding hydrogens is 403 g/mol. The largest absolute Gasteiger partial charge is 0.493 e. The molecule has 2 aromatic carbocycles. The van der Waals surface area contributed by atoms with Gasteiger partial charge in [-0.05, 0) is 54.4 Å². The quantitative estimate of drug-likeness (QED) is 0.488. The van der Waals surface area contributed by atoms with Gasteiger partial charge in [-0.15, -0.1) is 11.3 Å².